The van der Waals surface area contributed by atoms with Crippen molar-refractivity contribution >= 4 is 11.9 Å². The van der Waals surface area contributed by atoms with Gasteiger partial charge in [-0.25, -0.2) is 0 Å². The lowest BCUT2D eigenvalue weighted by Crippen LogP contribution is -2.39. The first-order valence-electron chi connectivity index (χ1n) is 9.84. The standard InChI is InChI=1S/C20H33NO6/c1-3-26-19(23)10-8-6-5-7-9-17(20(24)27-4-2)21-13-11-18(22)16-12-14-25-15-16/h12,14-15,17-18,21-22H,3-11,13H2,1-2H3. The second kappa shape index (κ2) is 14.2. The van der Waals surface area contributed by atoms with Gasteiger partial charge in [-0.1, -0.05) is 19.3 Å². The van der Waals surface area contributed by atoms with Gasteiger partial charge in [-0.2, -0.15) is 0 Å². The Bertz CT molecular complexity index is 517. The maximum Gasteiger partial charge on any atom is 0.323 e. The van der Waals surface area contributed by atoms with Crippen LogP contribution in [0.4, 0.5) is 0 Å². The number of nitrogens with one attached hydrogen (secondary N) is 1. The molecule has 154 valence electrons. The van der Waals surface area contributed by atoms with E-state index in [4.69, 9.17) is 13.9 Å². The highest BCUT2D eigenvalue weighted by atomic mass is 16.5. The molecule has 27 heavy (non-hydrogen) atoms. The summed E-state index contributed by atoms with van der Waals surface area (Å²) in [6.45, 7) is 4.84. The summed E-state index contributed by atoms with van der Waals surface area (Å²) in [7, 11) is 0. The van der Waals surface area contributed by atoms with Crippen molar-refractivity contribution in [3.8, 4) is 0 Å². The van der Waals surface area contributed by atoms with E-state index < -0.39 is 6.10 Å². The molecule has 2 atom stereocenters. The Kier molecular flexibility index (Phi) is 12.2. The molecular weight excluding hydrogens is 350 g/mol. The molecule has 0 spiro atoms. The van der Waals surface area contributed by atoms with E-state index in [2.05, 4.69) is 5.32 Å². The lowest BCUT2D eigenvalue weighted by atomic mass is 10.1. The van der Waals surface area contributed by atoms with E-state index >= 15 is 0 Å². The number of rotatable bonds is 15. The predicted molar refractivity (Wildman–Crippen MR) is 101 cm³/mol. The van der Waals surface area contributed by atoms with E-state index in [-0.39, 0.29) is 18.0 Å². The molecule has 0 aliphatic heterocycles. The van der Waals surface area contributed by atoms with Crippen molar-refractivity contribution in [2.24, 2.45) is 0 Å². The molecule has 0 fully saturated rings. The number of carbonyl (C=O) groups excluding carboxylic acids is 2. The van der Waals surface area contributed by atoms with Crippen LogP contribution in [-0.2, 0) is 19.1 Å². The van der Waals surface area contributed by atoms with Crippen LogP contribution in [0.1, 0.15) is 70.5 Å². The third-order valence-electron chi connectivity index (χ3n) is 4.24. The molecule has 1 rings (SSSR count). The van der Waals surface area contributed by atoms with Crippen molar-refractivity contribution in [3.63, 3.8) is 0 Å². The number of ether oxygens (including phenoxy) is 2. The van der Waals surface area contributed by atoms with E-state index in [0.29, 0.717) is 39.0 Å². The van der Waals surface area contributed by atoms with Gasteiger partial charge in [-0.3, -0.25) is 9.59 Å². The van der Waals surface area contributed by atoms with Crippen LogP contribution in [0.2, 0.25) is 0 Å². The number of unbranched alkanes of at least 4 members (excludes halogenated alkanes) is 3. The Hall–Kier alpha value is -1.86. The van der Waals surface area contributed by atoms with Gasteiger partial charge >= 0.3 is 11.9 Å². The zero-order valence-electron chi connectivity index (χ0n) is 16.4. The van der Waals surface area contributed by atoms with Gasteiger partial charge in [-0.05, 0) is 45.7 Å². The SMILES string of the molecule is CCOC(=O)CCCCCCC(NCCC(O)c1ccoc1)C(=O)OCC. The van der Waals surface area contributed by atoms with E-state index in [0.717, 1.165) is 31.2 Å². The summed E-state index contributed by atoms with van der Waals surface area (Å²) in [5, 5.41) is 13.3. The Balaban J connectivity index is 2.26. The summed E-state index contributed by atoms with van der Waals surface area (Å²) in [5.74, 6) is -0.415. The molecule has 0 aliphatic carbocycles. The quantitative estimate of drug-likeness (QED) is 0.355. The van der Waals surface area contributed by atoms with Crippen molar-refractivity contribution < 1.29 is 28.6 Å². The van der Waals surface area contributed by atoms with Gasteiger partial charge in [0.25, 0.3) is 0 Å². The molecule has 2 N–H and O–H groups in total. The highest BCUT2D eigenvalue weighted by Crippen LogP contribution is 2.16. The van der Waals surface area contributed by atoms with Crippen molar-refractivity contribution in [1.29, 1.82) is 0 Å². The second-order valence-electron chi connectivity index (χ2n) is 6.38. The molecule has 1 aromatic rings. The molecule has 1 heterocycles. The largest absolute Gasteiger partial charge is 0.472 e. The van der Waals surface area contributed by atoms with Crippen molar-refractivity contribution in [2.45, 2.75) is 70.9 Å². The summed E-state index contributed by atoms with van der Waals surface area (Å²) >= 11 is 0. The van der Waals surface area contributed by atoms with Crippen LogP contribution in [0.5, 0.6) is 0 Å². The predicted octanol–water partition coefficient (Wildman–Crippen LogP) is 3.13. The summed E-state index contributed by atoms with van der Waals surface area (Å²) in [5.41, 5.74) is 0.728. The van der Waals surface area contributed by atoms with E-state index in [9.17, 15) is 14.7 Å². The molecule has 7 nitrogen and oxygen atoms in total. The Morgan fingerprint density at radius 1 is 1.11 bits per heavy atom. The number of hydrogen-bond donors (Lipinski definition) is 2. The molecule has 0 aromatic carbocycles. The molecule has 0 amide bonds. The molecule has 7 heteroatoms. The average Bonchev–Trinajstić information content (AvgIpc) is 3.18. The highest BCUT2D eigenvalue weighted by Gasteiger charge is 2.19. The van der Waals surface area contributed by atoms with Crippen LogP contribution in [0.15, 0.2) is 23.0 Å². The third-order valence-corrected chi connectivity index (χ3v) is 4.24. The molecule has 0 saturated heterocycles. The van der Waals surface area contributed by atoms with Crippen molar-refractivity contribution in [2.75, 3.05) is 19.8 Å². The fourth-order valence-electron chi connectivity index (χ4n) is 2.78. The van der Waals surface area contributed by atoms with E-state index in [1.54, 1.807) is 19.9 Å². The lowest BCUT2D eigenvalue weighted by Gasteiger charge is -2.18. The monoisotopic (exact) mass is 383 g/mol. The van der Waals surface area contributed by atoms with Crippen LogP contribution < -0.4 is 5.32 Å². The lowest BCUT2D eigenvalue weighted by molar-refractivity contribution is -0.146. The normalized spacial score (nSPS) is 13.1. The van der Waals surface area contributed by atoms with Crippen LogP contribution in [0, 0.1) is 0 Å². The highest BCUT2D eigenvalue weighted by molar-refractivity contribution is 5.75. The van der Waals surface area contributed by atoms with Gasteiger partial charge in [-0.15, -0.1) is 0 Å². The second-order valence-corrected chi connectivity index (χ2v) is 6.38. The van der Waals surface area contributed by atoms with Gasteiger partial charge in [0.05, 0.1) is 31.8 Å². The Labute approximate surface area is 161 Å². The van der Waals surface area contributed by atoms with E-state index in [1.165, 1.54) is 12.5 Å². The van der Waals surface area contributed by atoms with Crippen LogP contribution in [0.3, 0.4) is 0 Å². The van der Waals surface area contributed by atoms with Crippen LogP contribution >= 0.6 is 0 Å². The zero-order chi connectivity index (χ0) is 19.9. The number of furan rings is 1. The maximum atomic E-state index is 12.1. The van der Waals surface area contributed by atoms with E-state index in [1.807, 2.05) is 0 Å². The molecule has 1 aromatic heterocycles. The molecular formula is C20H33NO6. The number of aliphatic hydroxyl groups excluding tert-OH is 1. The smallest absolute Gasteiger partial charge is 0.323 e. The minimum atomic E-state index is -0.623. The molecule has 2 unspecified atom stereocenters. The van der Waals surface area contributed by atoms with Gasteiger partial charge in [0.15, 0.2) is 0 Å². The summed E-state index contributed by atoms with van der Waals surface area (Å²) in [6, 6.07) is 1.34. The van der Waals surface area contributed by atoms with Gasteiger partial charge in [0.2, 0.25) is 0 Å². The number of carbonyl (C=O) groups is 2. The maximum absolute atomic E-state index is 12.1. The molecule has 0 aliphatic rings. The molecule has 0 saturated carbocycles. The fraction of sp³-hybridized carbons (Fsp3) is 0.700. The molecule has 0 bridgehead atoms. The first-order valence-corrected chi connectivity index (χ1v) is 9.84. The number of aliphatic hydroxyl groups is 1. The van der Waals surface area contributed by atoms with Gasteiger partial charge < -0.3 is 24.3 Å². The Morgan fingerprint density at radius 3 is 2.52 bits per heavy atom. The summed E-state index contributed by atoms with van der Waals surface area (Å²) in [6.07, 6.45) is 7.54. The topological polar surface area (TPSA) is 98.0 Å². The van der Waals surface area contributed by atoms with Gasteiger partial charge in [0.1, 0.15) is 6.04 Å². The number of esters is 2. The summed E-state index contributed by atoms with van der Waals surface area (Å²) in [4.78, 5) is 23.4. The van der Waals surface area contributed by atoms with Crippen molar-refractivity contribution in [3.05, 3.63) is 24.2 Å². The van der Waals surface area contributed by atoms with Gasteiger partial charge in [0, 0.05) is 12.0 Å². The fourth-order valence-corrected chi connectivity index (χ4v) is 2.78. The average molecular weight is 383 g/mol. The minimum Gasteiger partial charge on any atom is -0.472 e. The first-order chi connectivity index (χ1) is 13.1. The van der Waals surface area contributed by atoms with Crippen LogP contribution in [-0.4, -0.2) is 42.8 Å². The minimum absolute atomic E-state index is 0.153. The zero-order valence-corrected chi connectivity index (χ0v) is 16.4. The first kappa shape index (κ1) is 23.2. The van der Waals surface area contributed by atoms with Crippen LogP contribution in [0.25, 0.3) is 0 Å². The number of hydrogen-bond acceptors (Lipinski definition) is 7. The summed E-state index contributed by atoms with van der Waals surface area (Å²) < 4.78 is 15.0. The Morgan fingerprint density at radius 2 is 1.85 bits per heavy atom. The van der Waals surface area contributed by atoms with Crippen molar-refractivity contribution in [1.82, 2.24) is 5.32 Å². The molecule has 0 radical (unpaired) electrons. The third kappa shape index (κ3) is 10.2.